The van der Waals surface area contributed by atoms with Crippen molar-refractivity contribution in [2.75, 3.05) is 0 Å². The molecule has 0 fully saturated rings. The summed E-state index contributed by atoms with van der Waals surface area (Å²) in [5.41, 5.74) is 1.44. The lowest BCUT2D eigenvalue weighted by Crippen LogP contribution is -2.04. The first kappa shape index (κ1) is 13.6. The highest BCUT2D eigenvalue weighted by molar-refractivity contribution is 7.85. The van der Waals surface area contributed by atoms with Crippen LogP contribution in [-0.2, 0) is 22.5 Å². The Morgan fingerprint density at radius 2 is 1.58 bits per heavy atom. The van der Waals surface area contributed by atoms with Crippen molar-refractivity contribution >= 4 is 10.1 Å². The van der Waals surface area contributed by atoms with E-state index in [9.17, 15) is 8.42 Å². The number of hydrogen-bond acceptors (Lipinski definition) is 3. The van der Waals surface area contributed by atoms with Gasteiger partial charge in [0.1, 0.15) is 18.1 Å². The molecule has 2 rings (SSSR count). The highest BCUT2D eigenvalue weighted by atomic mass is 32.2. The van der Waals surface area contributed by atoms with Gasteiger partial charge >= 0.3 is 0 Å². The second-order valence-electron chi connectivity index (χ2n) is 4.11. The van der Waals surface area contributed by atoms with Crippen molar-refractivity contribution in [2.45, 2.75) is 12.4 Å². The fourth-order valence-electron chi connectivity index (χ4n) is 1.70. The minimum absolute atomic E-state index is 0.351. The predicted molar refractivity (Wildman–Crippen MR) is 72.5 cm³/mol. The van der Waals surface area contributed by atoms with Crippen LogP contribution in [0.4, 0.5) is 0 Å². The van der Waals surface area contributed by atoms with Crippen molar-refractivity contribution in [1.29, 1.82) is 0 Å². The Kier molecular flexibility index (Phi) is 4.19. The van der Waals surface area contributed by atoms with Crippen LogP contribution in [-0.4, -0.2) is 13.0 Å². The van der Waals surface area contributed by atoms with Crippen LogP contribution in [0.1, 0.15) is 11.1 Å². The van der Waals surface area contributed by atoms with Gasteiger partial charge in [-0.05, 0) is 11.6 Å². The fourth-order valence-corrected chi connectivity index (χ4v) is 2.33. The molecule has 2 aromatic rings. The van der Waals surface area contributed by atoms with Gasteiger partial charge in [0.25, 0.3) is 10.1 Å². The van der Waals surface area contributed by atoms with Gasteiger partial charge in [-0.2, -0.15) is 8.42 Å². The predicted octanol–water partition coefficient (Wildman–Crippen LogP) is 2.65. The first-order valence-electron chi connectivity index (χ1n) is 5.74. The van der Waals surface area contributed by atoms with Gasteiger partial charge in [0.05, 0.1) is 0 Å². The number of benzene rings is 2. The normalized spacial score (nSPS) is 11.2. The summed E-state index contributed by atoms with van der Waals surface area (Å²) >= 11 is 0. The van der Waals surface area contributed by atoms with Crippen molar-refractivity contribution in [3.63, 3.8) is 0 Å². The van der Waals surface area contributed by atoms with Crippen molar-refractivity contribution in [2.24, 2.45) is 0 Å². The van der Waals surface area contributed by atoms with E-state index in [1.807, 2.05) is 30.3 Å². The summed E-state index contributed by atoms with van der Waals surface area (Å²) in [6.45, 7) is 0.351. The lowest BCUT2D eigenvalue weighted by Gasteiger charge is -2.10. The molecule has 0 heterocycles. The molecule has 4 nitrogen and oxygen atoms in total. The minimum atomic E-state index is -4.06. The molecule has 0 aliphatic heterocycles. The van der Waals surface area contributed by atoms with Gasteiger partial charge in [-0.3, -0.25) is 4.55 Å². The zero-order valence-electron chi connectivity index (χ0n) is 10.2. The molecule has 0 saturated heterocycles. The lowest BCUT2D eigenvalue weighted by atomic mass is 10.2. The number of rotatable bonds is 5. The maximum Gasteiger partial charge on any atom is 0.269 e. The molecule has 0 bridgehead atoms. The van der Waals surface area contributed by atoms with Crippen LogP contribution in [0.15, 0.2) is 54.6 Å². The maximum atomic E-state index is 10.9. The molecule has 0 unspecified atom stereocenters. The third-order valence-electron chi connectivity index (χ3n) is 2.55. The summed E-state index contributed by atoms with van der Waals surface area (Å²) in [5, 5.41) is 0. The molecule has 19 heavy (non-hydrogen) atoms. The van der Waals surface area contributed by atoms with Crippen molar-refractivity contribution in [3.05, 3.63) is 65.7 Å². The Bertz CT molecular complexity index is 636. The molecule has 0 spiro atoms. The molecule has 2 aromatic carbocycles. The highest BCUT2D eigenvalue weighted by Crippen LogP contribution is 2.21. The zero-order valence-corrected chi connectivity index (χ0v) is 11.0. The van der Waals surface area contributed by atoms with E-state index in [1.54, 1.807) is 24.3 Å². The van der Waals surface area contributed by atoms with E-state index < -0.39 is 15.9 Å². The van der Waals surface area contributed by atoms with E-state index in [4.69, 9.17) is 9.29 Å². The summed E-state index contributed by atoms with van der Waals surface area (Å²) in [7, 11) is -4.06. The van der Waals surface area contributed by atoms with Gasteiger partial charge in [-0.25, -0.2) is 0 Å². The summed E-state index contributed by atoms with van der Waals surface area (Å²) in [6.07, 6.45) is 0. The number of ether oxygens (including phenoxy) is 1. The molecule has 1 N–H and O–H groups in total. The number of para-hydroxylation sites is 1. The second kappa shape index (κ2) is 5.86. The van der Waals surface area contributed by atoms with E-state index in [-0.39, 0.29) is 0 Å². The van der Waals surface area contributed by atoms with Crippen molar-refractivity contribution in [1.82, 2.24) is 0 Å². The molecule has 0 atom stereocenters. The standard InChI is InChI=1S/C14H14O4S/c15-19(16,17)11-13-8-4-5-9-14(13)18-10-12-6-2-1-3-7-12/h1-9H,10-11H2,(H,15,16,17). The van der Waals surface area contributed by atoms with Crippen LogP contribution in [0.3, 0.4) is 0 Å². The second-order valence-corrected chi connectivity index (χ2v) is 5.56. The third-order valence-corrected chi connectivity index (χ3v) is 3.22. The summed E-state index contributed by atoms with van der Waals surface area (Å²) in [5.74, 6) is 0.0156. The Balaban J connectivity index is 2.12. The molecular formula is C14H14O4S. The van der Waals surface area contributed by atoms with Gasteiger partial charge in [0.2, 0.25) is 0 Å². The van der Waals surface area contributed by atoms with E-state index in [1.165, 1.54) is 0 Å². The molecule has 0 aromatic heterocycles. The van der Waals surface area contributed by atoms with Gasteiger partial charge in [-0.15, -0.1) is 0 Å². The van der Waals surface area contributed by atoms with Crippen LogP contribution in [0.25, 0.3) is 0 Å². The van der Waals surface area contributed by atoms with Gasteiger partial charge in [0, 0.05) is 5.56 Å². The molecular weight excluding hydrogens is 264 g/mol. The first-order valence-corrected chi connectivity index (χ1v) is 7.35. The zero-order chi connectivity index (χ0) is 13.7. The molecule has 0 aliphatic carbocycles. The topological polar surface area (TPSA) is 63.6 Å². The van der Waals surface area contributed by atoms with Gasteiger partial charge in [-0.1, -0.05) is 48.5 Å². The molecule has 0 saturated carbocycles. The van der Waals surface area contributed by atoms with Gasteiger partial charge < -0.3 is 4.74 Å². The smallest absolute Gasteiger partial charge is 0.269 e. The Labute approximate surface area is 112 Å². The SMILES string of the molecule is O=S(=O)(O)Cc1ccccc1OCc1ccccc1. The molecule has 0 radical (unpaired) electrons. The minimum Gasteiger partial charge on any atom is -0.489 e. The van der Waals surface area contributed by atoms with E-state index in [0.717, 1.165) is 5.56 Å². The first-order chi connectivity index (χ1) is 9.04. The Morgan fingerprint density at radius 3 is 2.26 bits per heavy atom. The molecule has 5 heteroatoms. The van der Waals surface area contributed by atoms with Crippen LogP contribution < -0.4 is 4.74 Å². The van der Waals surface area contributed by atoms with E-state index >= 15 is 0 Å². The van der Waals surface area contributed by atoms with E-state index in [2.05, 4.69) is 0 Å². The van der Waals surface area contributed by atoms with Crippen LogP contribution >= 0.6 is 0 Å². The monoisotopic (exact) mass is 278 g/mol. The molecule has 100 valence electrons. The average molecular weight is 278 g/mol. The summed E-state index contributed by atoms with van der Waals surface area (Å²) < 4.78 is 36.3. The number of hydrogen-bond donors (Lipinski definition) is 1. The van der Waals surface area contributed by atoms with Crippen LogP contribution in [0, 0.1) is 0 Å². The van der Waals surface area contributed by atoms with E-state index in [0.29, 0.717) is 17.9 Å². The largest absolute Gasteiger partial charge is 0.489 e. The van der Waals surface area contributed by atoms with Crippen molar-refractivity contribution in [3.8, 4) is 5.75 Å². The lowest BCUT2D eigenvalue weighted by molar-refractivity contribution is 0.303. The highest BCUT2D eigenvalue weighted by Gasteiger charge is 2.11. The fraction of sp³-hybridized carbons (Fsp3) is 0.143. The Morgan fingerprint density at radius 1 is 0.947 bits per heavy atom. The molecule has 0 amide bonds. The molecule has 0 aliphatic rings. The maximum absolute atomic E-state index is 10.9. The summed E-state index contributed by atoms with van der Waals surface area (Å²) in [4.78, 5) is 0. The average Bonchev–Trinajstić information content (AvgIpc) is 2.37. The summed E-state index contributed by atoms with van der Waals surface area (Å²) in [6, 6.07) is 16.3. The van der Waals surface area contributed by atoms with Crippen molar-refractivity contribution < 1.29 is 17.7 Å². The van der Waals surface area contributed by atoms with Gasteiger partial charge in [0.15, 0.2) is 0 Å². The van der Waals surface area contributed by atoms with Crippen LogP contribution in [0.5, 0.6) is 5.75 Å². The van der Waals surface area contributed by atoms with Crippen LogP contribution in [0.2, 0.25) is 0 Å². The third kappa shape index (κ3) is 4.39. The Hall–Kier alpha value is -1.85. The quantitative estimate of drug-likeness (QED) is 0.854.